The Labute approximate surface area is 87.3 Å². The van der Waals surface area contributed by atoms with Crippen molar-refractivity contribution in [2.75, 3.05) is 0 Å². The Bertz CT molecular complexity index is 332. The smallest absolute Gasteiger partial charge is 0.160 e. The molecule has 1 heterocycles. The molecule has 2 rings (SSSR count). The number of rotatable bonds is 2. The molecule has 1 nitrogen and oxygen atoms in total. The second-order valence-corrected chi connectivity index (χ2v) is 4.76. The van der Waals surface area contributed by atoms with Crippen molar-refractivity contribution in [2.45, 2.75) is 11.7 Å². The third kappa shape index (κ3) is 2.39. The van der Waals surface area contributed by atoms with Gasteiger partial charge in [-0.2, -0.15) is 0 Å². The maximum atomic E-state index is 4.98. The van der Waals surface area contributed by atoms with Crippen molar-refractivity contribution in [3.05, 3.63) is 35.9 Å². The van der Waals surface area contributed by atoms with Gasteiger partial charge in [-0.1, -0.05) is 54.3 Å². The van der Waals surface area contributed by atoms with E-state index in [1.165, 1.54) is 5.56 Å². The molecule has 0 saturated heterocycles. The largest absolute Gasteiger partial charge is 0.241 e. The van der Waals surface area contributed by atoms with E-state index in [-0.39, 0.29) is 0 Å². The van der Waals surface area contributed by atoms with E-state index in [9.17, 15) is 0 Å². The first-order valence-electron chi connectivity index (χ1n) is 4.13. The summed E-state index contributed by atoms with van der Waals surface area (Å²) in [5.74, 6) is 0. The van der Waals surface area contributed by atoms with Gasteiger partial charge in [0.25, 0.3) is 0 Å². The molecule has 0 saturated carbocycles. The number of thiocarbonyl (C=S) groups is 1. The monoisotopic (exact) mass is 207 g/mol. The normalized spacial score (nSPS) is 20.9. The summed E-state index contributed by atoms with van der Waals surface area (Å²) < 4.78 is 0.765. The van der Waals surface area contributed by atoms with Crippen LogP contribution in [0.25, 0.3) is 0 Å². The highest BCUT2D eigenvalue weighted by atomic mass is 32.2. The molecule has 3 heteroatoms. The molecule has 1 aromatic carbocycles. The van der Waals surface area contributed by atoms with E-state index in [1.807, 2.05) is 12.3 Å². The molecule has 0 aromatic heterocycles. The van der Waals surface area contributed by atoms with Crippen molar-refractivity contribution in [3.8, 4) is 0 Å². The average molecular weight is 207 g/mol. The van der Waals surface area contributed by atoms with Gasteiger partial charge in [-0.15, -0.1) is 0 Å². The van der Waals surface area contributed by atoms with Gasteiger partial charge in [0.2, 0.25) is 0 Å². The summed E-state index contributed by atoms with van der Waals surface area (Å²) in [7, 11) is 0. The molecule has 0 N–H and O–H groups in total. The topological polar surface area (TPSA) is 12.4 Å². The average Bonchev–Trinajstić information content (AvgIpc) is 2.53. The molecule has 1 aliphatic heterocycles. The van der Waals surface area contributed by atoms with Gasteiger partial charge in [-0.05, 0) is 12.0 Å². The molecule has 0 fully saturated rings. The third-order valence-corrected chi connectivity index (χ3v) is 3.17. The fourth-order valence-electron chi connectivity index (χ4n) is 1.28. The fraction of sp³-hybridized carbons (Fsp3) is 0.200. The molecule has 66 valence electrons. The van der Waals surface area contributed by atoms with Crippen LogP contribution in [0, 0.1) is 0 Å². The predicted octanol–water partition coefficient (Wildman–Crippen LogP) is 2.70. The van der Waals surface area contributed by atoms with E-state index in [0.717, 1.165) is 10.7 Å². The number of aliphatic imine (C=N–C) groups is 1. The van der Waals surface area contributed by atoms with Gasteiger partial charge in [0.05, 0.1) is 5.25 Å². The summed E-state index contributed by atoms with van der Waals surface area (Å²) in [5.41, 5.74) is 1.34. The zero-order valence-corrected chi connectivity index (χ0v) is 8.65. The molecule has 1 atom stereocenters. The molecule has 0 aliphatic carbocycles. The zero-order chi connectivity index (χ0) is 9.10. The molecular weight excluding hydrogens is 198 g/mol. The minimum absolute atomic E-state index is 0.440. The standard InChI is InChI=1S/C10H9NS2/c12-10-11-7-9(13-10)6-8-4-2-1-3-5-8/h1-5,7,9H,6H2. The Morgan fingerprint density at radius 3 is 2.69 bits per heavy atom. The molecule has 1 aliphatic rings. The molecular formula is C10H9NS2. The first-order chi connectivity index (χ1) is 6.34. The van der Waals surface area contributed by atoms with E-state index in [1.54, 1.807) is 11.8 Å². The van der Waals surface area contributed by atoms with Crippen LogP contribution < -0.4 is 0 Å². The first-order valence-corrected chi connectivity index (χ1v) is 5.42. The van der Waals surface area contributed by atoms with Crippen molar-refractivity contribution < 1.29 is 0 Å². The molecule has 13 heavy (non-hydrogen) atoms. The molecule has 0 radical (unpaired) electrons. The van der Waals surface area contributed by atoms with Crippen LogP contribution >= 0.6 is 24.0 Å². The lowest BCUT2D eigenvalue weighted by molar-refractivity contribution is 1.08. The van der Waals surface area contributed by atoms with Gasteiger partial charge >= 0.3 is 0 Å². The van der Waals surface area contributed by atoms with Gasteiger partial charge in [0.1, 0.15) is 0 Å². The third-order valence-electron chi connectivity index (χ3n) is 1.88. The van der Waals surface area contributed by atoms with Crippen molar-refractivity contribution in [3.63, 3.8) is 0 Å². The summed E-state index contributed by atoms with van der Waals surface area (Å²) in [6.07, 6.45) is 2.97. The summed E-state index contributed by atoms with van der Waals surface area (Å²) in [6, 6.07) is 10.4. The van der Waals surface area contributed by atoms with E-state index in [2.05, 4.69) is 29.3 Å². The lowest BCUT2D eigenvalue weighted by atomic mass is 10.1. The Morgan fingerprint density at radius 1 is 1.31 bits per heavy atom. The lowest BCUT2D eigenvalue weighted by Gasteiger charge is -2.04. The van der Waals surface area contributed by atoms with Crippen LogP contribution in [0.5, 0.6) is 0 Å². The van der Waals surface area contributed by atoms with Crippen LogP contribution in [0.4, 0.5) is 0 Å². The fourth-order valence-corrected chi connectivity index (χ4v) is 2.48. The second-order valence-electron chi connectivity index (χ2n) is 2.89. The Balaban J connectivity index is 2.00. The van der Waals surface area contributed by atoms with Gasteiger partial charge in [-0.25, -0.2) is 4.99 Å². The Morgan fingerprint density at radius 2 is 2.08 bits per heavy atom. The maximum Gasteiger partial charge on any atom is 0.160 e. The van der Waals surface area contributed by atoms with E-state index >= 15 is 0 Å². The summed E-state index contributed by atoms with van der Waals surface area (Å²) in [6.45, 7) is 0. The number of hydrogen-bond donors (Lipinski definition) is 0. The molecule has 1 unspecified atom stereocenters. The van der Waals surface area contributed by atoms with Crippen molar-refractivity contribution >= 4 is 34.5 Å². The lowest BCUT2D eigenvalue weighted by Crippen LogP contribution is -2.04. The number of nitrogens with zero attached hydrogens (tertiary/aromatic N) is 1. The Hall–Kier alpha value is -0.670. The quantitative estimate of drug-likeness (QED) is 0.691. The van der Waals surface area contributed by atoms with Crippen molar-refractivity contribution in [2.24, 2.45) is 4.99 Å². The van der Waals surface area contributed by atoms with Crippen LogP contribution in [0.15, 0.2) is 35.3 Å². The minimum Gasteiger partial charge on any atom is -0.241 e. The number of thioether (sulfide) groups is 1. The maximum absolute atomic E-state index is 4.98. The Kier molecular flexibility index (Phi) is 2.76. The summed E-state index contributed by atoms with van der Waals surface area (Å²) >= 11 is 6.65. The van der Waals surface area contributed by atoms with Gasteiger partial charge < -0.3 is 0 Å². The van der Waals surface area contributed by atoms with Gasteiger partial charge in [0, 0.05) is 6.21 Å². The molecule has 0 amide bonds. The van der Waals surface area contributed by atoms with Gasteiger partial charge in [-0.3, -0.25) is 0 Å². The zero-order valence-electron chi connectivity index (χ0n) is 7.01. The first kappa shape index (κ1) is 8.91. The molecule has 0 spiro atoms. The highest BCUT2D eigenvalue weighted by molar-refractivity contribution is 8.24. The van der Waals surface area contributed by atoms with Crippen molar-refractivity contribution in [1.29, 1.82) is 0 Å². The van der Waals surface area contributed by atoms with Crippen LogP contribution in [0.1, 0.15) is 5.56 Å². The van der Waals surface area contributed by atoms with E-state index in [0.29, 0.717) is 5.25 Å². The van der Waals surface area contributed by atoms with E-state index in [4.69, 9.17) is 12.2 Å². The van der Waals surface area contributed by atoms with Crippen LogP contribution in [-0.2, 0) is 6.42 Å². The summed E-state index contributed by atoms with van der Waals surface area (Å²) in [5, 5.41) is 0.440. The van der Waals surface area contributed by atoms with E-state index < -0.39 is 0 Å². The molecule has 1 aromatic rings. The molecule has 0 bridgehead atoms. The highest BCUT2D eigenvalue weighted by Gasteiger charge is 2.15. The second kappa shape index (κ2) is 4.03. The van der Waals surface area contributed by atoms with Gasteiger partial charge in [0.15, 0.2) is 4.32 Å². The predicted molar refractivity (Wildman–Crippen MR) is 62.6 cm³/mol. The number of benzene rings is 1. The SMILES string of the molecule is S=C1N=CC(Cc2ccccc2)S1. The summed E-state index contributed by atoms with van der Waals surface area (Å²) in [4.78, 5) is 4.08. The number of hydrogen-bond acceptors (Lipinski definition) is 2. The highest BCUT2D eigenvalue weighted by Crippen LogP contribution is 2.22. The van der Waals surface area contributed by atoms with Crippen molar-refractivity contribution in [1.82, 2.24) is 0 Å². The van der Waals surface area contributed by atoms with Crippen LogP contribution in [-0.4, -0.2) is 15.8 Å². The minimum atomic E-state index is 0.440. The van der Waals surface area contributed by atoms with Crippen LogP contribution in [0.3, 0.4) is 0 Å². The van der Waals surface area contributed by atoms with Crippen LogP contribution in [0.2, 0.25) is 0 Å².